The minimum absolute atomic E-state index is 0.0243. The SMILES string of the molecule is O=C(O)c1ccnc(-c2ccccc2C(=O)C2CCNC2)c1. The van der Waals surface area contributed by atoms with E-state index in [1.54, 1.807) is 6.07 Å². The van der Waals surface area contributed by atoms with E-state index in [9.17, 15) is 9.59 Å². The quantitative estimate of drug-likeness (QED) is 0.846. The van der Waals surface area contributed by atoms with E-state index in [1.807, 2.05) is 18.2 Å². The average Bonchev–Trinajstić information content (AvgIpc) is 3.09. The summed E-state index contributed by atoms with van der Waals surface area (Å²) in [5.74, 6) is -0.945. The van der Waals surface area contributed by atoms with Gasteiger partial charge in [0.2, 0.25) is 0 Å². The summed E-state index contributed by atoms with van der Waals surface area (Å²) in [5, 5.41) is 12.3. The van der Waals surface area contributed by atoms with Gasteiger partial charge in [-0.3, -0.25) is 9.78 Å². The lowest BCUT2D eigenvalue weighted by molar-refractivity contribution is 0.0696. The van der Waals surface area contributed by atoms with E-state index >= 15 is 0 Å². The predicted octanol–water partition coefficient (Wildman–Crippen LogP) is 2.24. The van der Waals surface area contributed by atoms with Gasteiger partial charge in [-0.25, -0.2) is 4.79 Å². The highest BCUT2D eigenvalue weighted by atomic mass is 16.4. The molecule has 2 heterocycles. The number of ketones is 1. The van der Waals surface area contributed by atoms with Crippen LogP contribution < -0.4 is 5.32 Å². The Morgan fingerprint density at radius 3 is 2.77 bits per heavy atom. The summed E-state index contributed by atoms with van der Waals surface area (Å²) in [6, 6.07) is 10.2. The Bertz CT molecular complexity index is 721. The zero-order valence-corrected chi connectivity index (χ0v) is 12.0. The molecule has 0 bridgehead atoms. The Kier molecular flexibility index (Phi) is 3.98. The van der Waals surface area contributed by atoms with Crippen molar-refractivity contribution in [1.29, 1.82) is 0 Å². The van der Waals surface area contributed by atoms with E-state index in [0.717, 1.165) is 13.0 Å². The molecule has 1 aliphatic heterocycles. The van der Waals surface area contributed by atoms with Crippen molar-refractivity contribution in [3.05, 3.63) is 53.7 Å². The van der Waals surface area contributed by atoms with Crippen molar-refractivity contribution in [1.82, 2.24) is 10.3 Å². The van der Waals surface area contributed by atoms with Gasteiger partial charge in [-0.15, -0.1) is 0 Å². The van der Waals surface area contributed by atoms with Gasteiger partial charge in [0, 0.05) is 29.8 Å². The minimum Gasteiger partial charge on any atom is -0.478 e. The maximum Gasteiger partial charge on any atom is 0.335 e. The highest BCUT2D eigenvalue weighted by Crippen LogP contribution is 2.26. The molecule has 5 heteroatoms. The molecule has 22 heavy (non-hydrogen) atoms. The fourth-order valence-corrected chi connectivity index (χ4v) is 2.73. The van der Waals surface area contributed by atoms with E-state index in [2.05, 4.69) is 10.3 Å². The number of carboxylic acids is 1. The molecule has 1 atom stereocenters. The van der Waals surface area contributed by atoms with E-state index in [0.29, 0.717) is 23.4 Å². The highest BCUT2D eigenvalue weighted by Gasteiger charge is 2.25. The van der Waals surface area contributed by atoms with Gasteiger partial charge in [-0.1, -0.05) is 24.3 Å². The smallest absolute Gasteiger partial charge is 0.335 e. The predicted molar refractivity (Wildman–Crippen MR) is 81.9 cm³/mol. The molecule has 0 aliphatic carbocycles. The third kappa shape index (κ3) is 2.76. The first kappa shape index (κ1) is 14.4. The zero-order chi connectivity index (χ0) is 15.5. The van der Waals surface area contributed by atoms with Crippen LogP contribution in [0.4, 0.5) is 0 Å². The summed E-state index contributed by atoms with van der Waals surface area (Å²) < 4.78 is 0. The maximum atomic E-state index is 12.7. The highest BCUT2D eigenvalue weighted by molar-refractivity contribution is 6.04. The first-order chi connectivity index (χ1) is 10.7. The van der Waals surface area contributed by atoms with Crippen LogP contribution in [-0.2, 0) is 0 Å². The van der Waals surface area contributed by atoms with E-state index < -0.39 is 5.97 Å². The number of aromatic nitrogens is 1. The first-order valence-corrected chi connectivity index (χ1v) is 7.20. The molecular formula is C17H16N2O3. The zero-order valence-electron chi connectivity index (χ0n) is 12.0. The molecule has 2 N–H and O–H groups in total. The largest absolute Gasteiger partial charge is 0.478 e. The summed E-state index contributed by atoms with van der Waals surface area (Å²) in [5.41, 5.74) is 1.96. The van der Waals surface area contributed by atoms with Crippen molar-refractivity contribution in [2.45, 2.75) is 6.42 Å². The van der Waals surface area contributed by atoms with E-state index in [-0.39, 0.29) is 17.3 Å². The van der Waals surface area contributed by atoms with Crippen LogP contribution in [0, 0.1) is 5.92 Å². The molecule has 5 nitrogen and oxygen atoms in total. The molecule has 2 aromatic rings. The fourth-order valence-electron chi connectivity index (χ4n) is 2.73. The molecule has 112 valence electrons. The second-order valence-electron chi connectivity index (χ2n) is 5.33. The van der Waals surface area contributed by atoms with Crippen LogP contribution in [0.3, 0.4) is 0 Å². The molecule has 1 unspecified atom stereocenters. The summed E-state index contributed by atoms with van der Waals surface area (Å²) >= 11 is 0. The van der Waals surface area contributed by atoms with Crippen molar-refractivity contribution >= 4 is 11.8 Å². The topological polar surface area (TPSA) is 79.3 Å². The summed E-state index contributed by atoms with van der Waals surface area (Å²) in [7, 11) is 0. The van der Waals surface area contributed by atoms with Crippen LogP contribution in [0.15, 0.2) is 42.6 Å². The van der Waals surface area contributed by atoms with Gasteiger partial charge in [0.05, 0.1) is 11.3 Å². The lowest BCUT2D eigenvalue weighted by Crippen LogP contribution is -2.18. The third-order valence-electron chi connectivity index (χ3n) is 3.91. The van der Waals surface area contributed by atoms with Gasteiger partial charge in [-0.05, 0) is 25.1 Å². The molecule has 1 fully saturated rings. The van der Waals surface area contributed by atoms with Crippen molar-refractivity contribution in [3.8, 4) is 11.3 Å². The van der Waals surface area contributed by atoms with Gasteiger partial charge >= 0.3 is 5.97 Å². The normalized spacial score (nSPS) is 17.4. The van der Waals surface area contributed by atoms with Gasteiger partial charge in [0.15, 0.2) is 5.78 Å². The van der Waals surface area contributed by atoms with Crippen LogP contribution in [0.5, 0.6) is 0 Å². The number of aromatic carboxylic acids is 1. The standard InChI is InChI=1S/C17H16N2O3/c20-16(12-5-7-18-10-12)14-4-2-1-3-13(14)15-9-11(17(21)22)6-8-19-15/h1-4,6,8-9,12,18H,5,7,10H2,(H,21,22). The summed E-state index contributed by atoms with van der Waals surface area (Å²) in [6.07, 6.45) is 2.28. The lowest BCUT2D eigenvalue weighted by Gasteiger charge is -2.12. The van der Waals surface area contributed by atoms with Crippen LogP contribution in [0.25, 0.3) is 11.3 Å². The second kappa shape index (κ2) is 6.07. The Morgan fingerprint density at radius 2 is 2.05 bits per heavy atom. The lowest BCUT2D eigenvalue weighted by atomic mass is 9.92. The third-order valence-corrected chi connectivity index (χ3v) is 3.91. The molecule has 0 spiro atoms. The molecule has 0 saturated carbocycles. The molecule has 1 saturated heterocycles. The van der Waals surface area contributed by atoms with Crippen LogP contribution in [0.2, 0.25) is 0 Å². The number of benzene rings is 1. The van der Waals surface area contributed by atoms with Gasteiger partial charge in [0.25, 0.3) is 0 Å². The molecule has 0 amide bonds. The monoisotopic (exact) mass is 296 g/mol. The van der Waals surface area contributed by atoms with Crippen molar-refractivity contribution in [2.24, 2.45) is 5.92 Å². The van der Waals surface area contributed by atoms with Gasteiger partial charge in [0.1, 0.15) is 0 Å². The van der Waals surface area contributed by atoms with Crippen molar-refractivity contribution in [3.63, 3.8) is 0 Å². The number of rotatable bonds is 4. The number of carbonyl (C=O) groups excluding carboxylic acids is 1. The molecule has 1 aromatic carbocycles. The molecule has 1 aromatic heterocycles. The second-order valence-corrected chi connectivity index (χ2v) is 5.33. The Labute approximate surface area is 128 Å². The van der Waals surface area contributed by atoms with Crippen LogP contribution in [0.1, 0.15) is 27.1 Å². The maximum absolute atomic E-state index is 12.7. The molecule has 1 aliphatic rings. The van der Waals surface area contributed by atoms with Crippen molar-refractivity contribution in [2.75, 3.05) is 13.1 Å². The minimum atomic E-state index is -1.01. The summed E-state index contributed by atoms with van der Waals surface area (Å²) in [4.78, 5) is 28.0. The number of pyridine rings is 1. The molecule has 0 radical (unpaired) electrons. The van der Waals surface area contributed by atoms with E-state index in [1.165, 1.54) is 18.3 Å². The number of hydrogen-bond acceptors (Lipinski definition) is 4. The number of carbonyl (C=O) groups is 2. The number of carboxylic acid groups (broad SMARTS) is 1. The van der Waals surface area contributed by atoms with Crippen LogP contribution in [-0.4, -0.2) is 34.9 Å². The summed E-state index contributed by atoms with van der Waals surface area (Å²) in [6.45, 7) is 1.54. The molecule has 3 rings (SSSR count). The first-order valence-electron chi connectivity index (χ1n) is 7.20. The van der Waals surface area contributed by atoms with Gasteiger partial charge < -0.3 is 10.4 Å². The fraction of sp³-hybridized carbons (Fsp3) is 0.235. The Morgan fingerprint density at radius 1 is 1.23 bits per heavy atom. The number of nitrogens with one attached hydrogen (secondary N) is 1. The Hall–Kier alpha value is -2.53. The Balaban J connectivity index is 2.02. The number of hydrogen-bond donors (Lipinski definition) is 2. The van der Waals surface area contributed by atoms with Crippen molar-refractivity contribution < 1.29 is 14.7 Å². The van der Waals surface area contributed by atoms with E-state index in [4.69, 9.17) is 5.11 Å². The van der Waals surface area contributed by atoms with Crippen LogP contribution >= 0.6 is 0 Å². The van der Waals surface area contributed by atoms with Gasteiger partial charge in [-0.2, -0.15) is 0 Å². The number of Topliss-reactive ketones (excluding diaryl/α,β-unsaturated/α-hetero) is 1. The average molecular weight is 296 g/mol. The molecular weight excluding hydrogens is 280 g/mol. The number of nitrogens with zero attached hydrogens (tertiary/aromatic N) is 1.